The van der Waals surface area contributed by atoms with E-state index in [1.807, 2.05) is 0 Å². The van der Waals surface area contributed by atoms with Crippen LogP contribution in [0, 0.1) is 5.41 Å². The highest BCUT2D eigenvalue weighted by Gasteiger charge is 2.37. The van der Waals surface area contributed by atoms with Crippen LogP contribution in [0.3, 0.4) is 0 Å². The molecule has 20 heavy (non-hydrogen) atoms. The summed E-state index contributed by atoms with van der Waals surface area (Å²) in [4.78, 5) is 2.40. The van der Waals surface area contributed by atoms with E-state index in [0.29, 0.717) is 11.2 Å². The average Bonchev–Trinajstić information content (AvgIpc) is 2.28. The van der Waals surface area contributed by atoms with E-state index in [9.17, 15) is 8.42 Å². The fourth-order valence-electron chi connectivity index (χ4n) is 3.53. The number of rotatable bonds is 3. The lowest BCUT2D eigenvalue weighted by molar-refractivity contribution is 0.0426. The third-order valence-electron chi connectivity index (χ3n) is 4.52. The first kappa shape index (κ1) is 20.5. The maximum Gasteiger partial charge on any atom is 0.148 e. The van der Waals surface area contributed by atoms with Gasteiger partial charge in [0.1, 0.15) is 9.84 Å². The van der Waals surface area contributed by atoms with Crippen molar-refractivity contribution in [2.45, 2.75) is 38.6 Å². The van der Waals surface area contributed by atoms with Crippen LogP contribution >= 0.6 is 24.8 Å². The first-order valence-electron chi connectivity index (χ1n) is 7.03. The Hall–Kier alpha value is 0.450. The molecule has 122 valence electrons. The van der Waals surface area contributed by atoms with Crippen molar-refractivity contribution in [1.82, 2.24) is 10.2 Å². The SMILES string of the molecule is CC(CS(C)(=O)=O)N1CCCC2(CCNCC2)C1.Cl.Cl. The van der Waals surface area contributed by atoms with E-state index in [1.165, 1.54) is 31.9 Å². The molecule has 0 bridgehead atoms. The van der Waals surface area contributed by atoms with Gasteiger partial charge in [0.25, 0.3) is 0 Å². The molecular formula is C13H28Cl2N2O2S. The highest BCUT2D eigenvalue weighted by molar-refractivity contribution is 7.90. The standard InChI is InChI=1S/C13H26N2O2S.2ClH/c1-12(10-18(2,16)17)15-9-3-4-13(11-15)5-7-14-8-6-13;;/h12,14H,3-11H2,1-2H3;2*1H. The summed E-state index contributed by atoms with van der Waals surface area (Å²) in [6.45, 7) is 6.45. The van der Waals surface area contributed by atoms with E-state index >= 15 is 0 Å². The Morgan fingerprint density at radius 3 is 2.35 bits per heavy atom. The average molecular weight is 347 g/mol. The predicted octanol–water partition coefficient (Wildman–Crippen LogP) is 1.73. The third kappa shape index (κ3) is 5.68. The van der Waals surface area contributed by atoms with Gasteiger partial charge in [-0.15, -0.1) is 24.8 Å². The van der Waals surface area contributed by atoms with Gasteiger partial charge >= 0.3 is 0 Å². The molecule has 2 rings (SSSR count). The second kappa shape index (κ2) is 8.18. The summed E-state index contributed by atoms with van der Waals surface area (Å²) in [7, 11) is -2.87. The van der Waals surface area contributed by atoms with Crippen LogP contribution in [0.5, 0.6) is 0 Å². The molecule has 0 saturated carbocycles. The Morgan fingerprint density at radius 2 is 1.80 bits per heavy atom. The van der Waals surface area contributed by atoms with Crippen molar-refractivity contribution in [3.8, 4) is 0 Å². The second-order valence-corrected chi connectivity index (χ2v) is 8.45. The second-order valence-electron chi connectivity index (χ2n) is 6.27. The van der Waals surface area contributed by atoms with Gasteiger partial charge in [-0.3, -0.25) is 4.90 Å². The Kier molecular flexibility index (Phi) is 8.36. The molecule has 1 N–H and O–H groups in total. The first-order valence-corrected chi connectivity index (χ1v) is 9.09. The van der Waals surface area contributed by atoms with E-state index in [2.05, 4.69) is 17.1 Å². The van der Waals surface area contributed by atoms with Crippen molar-refractivity contribution in [2.75, 3.05) is 38.2 Å². The molecule has 1 unspecified atom stereocenters. The van der Waals surface area contributed by atoms with Gasteiger partial charge in [-0.2, -0.15) is 0 Å². The zero-order valence-electron chi connectivity index (χ0n) is 12.4. The molecule has 0 amide bonds. The van der Waals surface area contributed by atoms with Crippen LogP contribution in [-0.4, -0.2) is 57.5 Å². The zero-order valence-corrected chi connectivity index (χ0v) is 14.9. The number of nitrogens with one attached hydrogen (secondary N) is 1. The van der Waals surface area contributed by atoms with Crippen molar-refractivity contribution in [2.24, 2.45) is 5.41 Å². The van der Waals surface area contributed by atoms with Gasteiger partial charge in [0, 0.05) is 18.8 Å². The smallest absolute Gasteiger partial charge is 0.148 e. The molecule has 0 aromatic heterocycles. The van der Waals surface area contributed by atoms with E-state index in [-0.39, 0.29) is 30.9 Å². The van der Waals surface area contributed by atoms with E-state index < -0.39 is 9.84 Å². The molecule has 1 spiro atoms. The number of nitrogens with zero attached hydrogens (tertiary/aromatic N) is 1. The zero-order chi connectivity index (χ0) is 13.2. The van der Waals surface area contributed by atoms with Crippen molar-refractivity contribution in [1.29, 1.82) is 0 Å². The minimum absolute atomic E-state index is 0. The number of piperidine rings is 2. The van der Waals surface area contributed by atoms with E-state index in [0.717, 1.165) is 26.2 Å². The summed E-state index contributed by atoms with van der Waals surface area (Å²) in [6.07, 6.45) is 6.36. The normalized spacial score (nSPS) is 24.5. The van der Waals surface area contributed by atoms with Crippen LogP contribution in [0.15, 0.2) is 0 Å². The number of halogens is 2. The number of hydrogen-bond acceptors (Lipinski definition) is 4. The molecule has 4 nitrogen and oxygen atoms in total. The van der Waals surface area contributed by atoms with Crippen LogP contribution in [-0.2, 0) is 9.84 Å². The molecule has 0 aliphatic carbocycles. The topological polar surface area (TPSA) is 49.4 Å². The summed E-state index contributed by atoms with van der Waals surface area (Å²) in [6, 6.07) is 0.159. The maximum absolute atomic E-state index is 11.4. The van der Waals surface area contributed by atoms with Gasteiger partial charge in [-0.05, 0) is 57.7 Å². The van der Waals surface area contributed by atoms with Gasteiger partial charge in [0.05, 0.1) is 5.75 Å². The fraction of sp³-hybridized carbons (Fsp3) is 1.00. The molecule has 7 heteroatoms. The van der Waals surface area contributed by atoms with Crippen molar-refractivity contribution >= 4 is 34.7 Å². The van der Waals surface area contributed by atoms with E-state index in [1.54, 1.807) is 0 Å². The molecule has 2 aliphatic heterocycles. The maximum atomic E-state index is 11.4. The first-order chi connectivity index (χ1) is 8.40. The van der Waals surface area contributed by atoms with Gasteiger partial charge in [-0.1, -0.05) is 0 Å². The van der Waals surface area contributed by atoms with Crippen molar-refractivity contribution in [3.05, 3.63) is 0 Å². The van der Waals surface area contributed by atoms with Crippen LogP contribution < -0.4 is 5.32 Å². The molecule has 2 saturated heterocycles. The summed E-state index contributed by atoms with van der Waals surface area (Å²) in [5.74, 6) is 0.293. The lowest BCUT2D eigenvalue weighted by Crippen LogP contribution is -2.52. The summed E-state index contributed by atoms with van der Waals surface area (Å²) in [5.41, 5.74) is 0.454. The largest absolute Gasteiger partial charge is 0.317 e. The van der Waals surface area contributed by atoms with Crippen LogP contribution in [0.1, 0.15) is 32.6 Å². The molecular weight excluding hydrogens is 319 g/mol. The minimum atomic E-state index is -2.87. The lowest BCUT2D eigenvalue weighted by atomic mass is 9.72. The van der Waals surface area contributed by atoms with Gasteiger partial charge in [0.2, 0.25) is 0 Å². The molecule has 0 radical (unpaired) electrons. The Labute approximate surface area is 135 Å². The highest BCUT2D eigenvalue weighted by atomic mass is 35.5. The quantitative estimate of drug-likeness (QED) is 0.845. The van der Waals surface area contributed by atoms with Crippen molar-refractivity contribution in [3.63, 3.8) is 0 Å². The van der Waals surface area contributed by atoms with Crippen LogP contribution in [0.4, 0.5) is 0 Å². The van der Waals surface area contributed by atoms with Gasteiger partial charge < -0.3 is 5.32 Å². The number of hydrogen-bond donors (Lipinski definition) is 1. The van der Waals surface area contributed by atoms with Crippen LogP contribution in [0.2, 0.25) is 0 Å². The summed E-state index contributed by atoms with van der Waals surface area (Å²) >= 11 is 0. The van der Waals surface area contributed by atoms with Crippen molar-refractivity contribution < 1.29 is 8.42 Å². The highest BCUT2D eigenvalue weighted by Crippen LogP contribution is 2.38. The summed E-state index contributed by atoms with van der Waals surface area (Å²) < 4.78 is 22.8. The third-order valence-corrected chi connectivity index (χ3v) is 5.61. The molecule has 2 heterocycles. The lowest BCUT2D eigenvalue weighted by Gasteiger charge is -2.47. The Bertz CT molecular complexity index is 378. The molecule has 2 fully saturated rings. The Morgan fingerprint density at radius 1 is 1.20 bits per heavy atom. The summed E-state index contributed by atoms with van der Waals surface area (Å²) in [5, 5.41) is 3.42. The molecule has 0 aromatic carbocycles. The Balaban J connectivity index is 0.00000180. The number of likely N-dealkylation sites (tertiary alicyclic amines) is 1. The molecule has 2 aliphatic rings. The molecule has 1 atom stereocenters. The predicted molar refractivity (Wildman–Crippen MR) is 89.0 cm³/mol. The monoisotopic (exact) mass is 346 g/mol. The fourth-order valence-corrected chi connectivity index (χ4v) is 4.62. The molecule has 0 aromatic rings. The number of sulfone groups is 1. The van der Waals surface area contributed by atoms with Crippen LogP contribution in [0.25, 0.3) is 0 Å². The van der Waals surface area contributed by atoms with Gasteiger partial charge in [-0.25, -0.2) is 8.42 Å². The van der Waals surface area contributed by atoms with E-state index in [4.69, 9.17) is 0 Å². The van der Waals surface area contributed by atoms with Gasteiger partial charge in [0.15, 0.2) is 0 Å². The minimum Gasteiger partial charge on any atom is -0.317 e.